The lowest BCUT2D eigenvalue weighted by molar-refractivity contribution is 0.0929. The monoisotopic (exact) mass is 376 g/mol. The quantitative estimate of drug-likeness (QED) is 0.385. The van der Waals surface area contributed by atoms with Crippen LogP contribution in [0, 0.1) is 19.3 Å². The number of hydrogen-bond acceptors (Lipinski definition) is 5. The molecule has 0 saturated carbocycles. The molecule has 142 valence electrons. The second-order valence-corrected chi connectivity index (χ2v) is 5.88. The number of terminal acetylenes is 1. The molecule has 1 N–H and O–H groups in total. The highest BCUT2D eigenvalue weighted by molar-refractivity contribution is 5.99. The minimum Gasteiger partial charge on any atom is -0.490 e. The Morgan fingerprint density at radius 2 is 2.07 bits per heavy atom. The predicted molar refractivity (Wildman–Crippen MR) is 108 cm³/mol. The Kier molecular flexibility index (Phi) is 5.97. The van der Waals surface area contributed by atoms with Crippen molar-refractivity contribution in [2.45, 2.75) is 13.8 Å². The van der Waals surface area contributed by atoms with Gasteiger partial charge in [0.2, 0.25) is 0 Å². The lowest BCUT2D eigenvalue weighted by atomic mass is 10.1. The van der Waals surface area contributed by atoms with Gasteiger partial charge in [-0.05, 0) is 43.7 Å². The van der Waals surface area contributed by atoms with Gasteiger partial charge in [0, 0.05) is 10.9 Å². The summed E-state index contributed by atoms with van der Waals surface area (Å²) < 4.78 is 16.6. The van der Waals surface area contributed by atoms with Crippen LogP contribution in [-0.4, -0.2) is 25.3 Å². The molecule has 1 heterocycles. The van der Waals surface area contributed by atoms with Crippen LogP contribution >= 0.6 is 0 Å². The number of nitrogens with zero attached hydrogens (tertiary/aromatic N) is 1. The zero-order chi connectivity index (χ0) is 19.9. The maximum Gasteiger partial charge on any atom is 0.307 e. The maximum atomic E-state index is 12.4. The summed E-state index contributed by atoms with van der Waals surface area (Å²) >= 11 is 0. The van der Waals surface area contributed by atoms with E-state index in [1.807, 2.05) is 38.1 Å². The molecule has 0 radical (unpaired) electrons. The summed E-state index contributed by atoms with van der Waals surface area (Å²) in [7, 11) is 0. The van der Waals surface area contributed by atoms with E-state index >= 15 is 0 Å². The van der Waals surface area contributed by atoms with Crippen LogP contribution in [0.5, 0.6) is 11.5 Å². The Bertz CT molecular complexity index is 1060. The van der Waals surface area contributed by atoms with Gasteiger partial charge < -0.3 is 13.9 Å². The molecule has 1 amide bonds. The number of aryl methyl sites for hydroxylation is 1. The van der Waals surface area contributed by atoms with Crippen molar-refractivity contribution >= 4 is 23.1 Å². The van der Waals surface area contributed by atoms with Gasteiger partial charge in [-0.3, -0.25) is 4.79 Å². The van der Waals surface area contributed by atoms with Gasteiger partial charge in [0.05, 0.1) is 12.8 Å². The van der Waals surface area contributed by atoms with Crippen molar-refractivity contribution in [1.82, 2.24) is 5.43 Å². The molecule has 0 unspecified atom stereocenters. The van der Waals surface area contributed by atoms with E-state index in [4.69, 9.17) is 20.3 Å². The van der Waals surface area contributed by atoms with Crippen LogP contribution in [-0.2, 0) is 0 Å². The van der Waals surface area contributed by atoms with Gasteiger partial charge in [-0.25, -0.2) is 5.43 Å². The maximum absolute atomic E-state index is 12.4. The van der Waals surface area contributed by atoms with Crippen molar-refractivity contribution < 1.29 is 18.7 Å². The van der Waals surface area contributed by atoms with Gasteiger partial charge in [-0.2, -0.15) is 5.10 Å². The average Bonchev–Trinajstić information content (AvgIpc) is 3.04. The number of rotatable bonds is 7. The van der Waals surface area contributed by atoms with Crippen LogP contribution in [0.2, 0.25) is 0 Å². The van der Waals surface area contributed by atoms with Gasteiger partial charge in [0.25, 0.3) is 0 Å². The summed E-state index contributed by atoms with van der Waals surface area (Å²) in [5, 5.41) is 4.91. The van der Waals surface area contributed by atoms with E-state index < -0.39 is 5.91 Å². The molecular weight excluding hydrogens is 356 g/mol. The first-order valence-electron chi connectivity index (χ1n) is 8.78. The zero-order valence-corrected chi connectivity index (χ0v) is 15.7. The average molecular weight is 376 g/mol. The summed E-state index contributed by atoms with van der Waals surface area (Å²) in [4.78, 5) is 12.4. The number of benzene rings is 2. The number of nitrogens with one attached hydrogen (secondary N) is 1. The number of para-hydroxylation sites is 1. The lowest BCUT2D eigenvalue weighted by Crippen LogP contribution is -2.17. The molecule has 0 fully saturated rings. The second-order valence-electron chi connectivity index (χ2n) is 5.88. The number of carbonyl (C=O) groups excluding carboxylic acids is 1. The van der Waals surface area contributed by atoms with E-state index in [-0.39, 0.29) is 12.4 Å². The molecule has 0 aliphatic rings. The standard InChI is InChI=1S/C22H20N2O4/c1-4-12-27-19-11-10-16(13-20(19)26-5-2)14-23-24-22(25)21-15(3)17-8-6-7-9-18(17)28-21/h1,6-11,13-14H,5,12H2,2-3H3,(H,24,25)/b23-14-. The van der Waals surface area contributed by atoms with Gasteiger partial charge in [-0.15, -0.1) is 6.42 Å². The van der Waals surface area contributed by atoms with Crippen LogP contribution in [0.4, 0.5) is 0 Å². The summed E-state index contributed by atoms with van der Waals surface area (Å²) in [6.45, 7) is 4.35. The number of furan rings is 1. The van der Waals surface area contributed by atoms with Crippen molar-refractivity contribution in [3.63, 3.8) is 0 Å². The Morgan fingerprint density at radius 1 is 1.25 bits per heavy atom. The highest BCUT2D eigenvalue weighted by atomic mass is 16.5. The van der Waals surface area contributed by atoms with Crippen LogP contribution < -0.4 is 14.9 Å². The molecule has 6 heteroatoms. The smallest absolute Gasteiger partial charge is 0.307 e. The molecule has 0 bridgehead atoms. The Hall–Kier alpha value is -3.72. The van der Waals surface area contributed by atoms with Crippen LogP contribution in [0.1, 0.15) is 28.6 Å². The van der Waals surface area contributed by atoms with Crippen molar-refractivity contribution in [1.29, 1.82) is 0 Å². The first-order chi connectivity index (χ1) is 13.6. The van der Waals surface area contributed by atoms with E-state index in [2.05, 4.69) is 16.4 Å². The first kappa shape index (κ1) is 19.1. The van der Waals surface area contributed by atoms with E-state index in [0.717, 1.165) is 16.5 Å². The summed E-state index contributed by atoms with van der Waals surface area (Å²) in [5.74, 6) is 3.36. The third kappa shape index (κ3) is 4.15. The minimum absolute atomic E-state index is 0.153. The molecule has 2 aromatic carbocycles. The molecule has 1 aromatic heterocycles. The van der Waals surface area contributed by atoms with Gasteiger partial charge in [0.15, 0.2) is 17.3 Å². The van der Waals surface area contributed by atoms with E-state index in [0.29, 0.717) is 23.7 Å². The number of ether oxygens (including phenoxy) is 2. The summed E-state index contributed by atoms with van der Waals surface area (Å²) in [6.07, 6.45) is 6.74. The highest BCUT2D eigenvalue weighted by Crippen LogP contribution is 2.28. The lowest BCUT2D eigenvalue weighted by Gasteiger charge is -2.10. The van der Waals surface area contributed by atoms with Crippen molar-refractivity contribution in [3.8, 4) is 23.8 Å². The molecule has 0 aliphatic heterocycles. The Morgan fingerprint density at radius 3 is 2.82 bits per heavy atom. The second kappa shape index (κ2) is 8.78. The number of hydrogen-bond donors (Lipinski definition) is 1. The van der Waals surface area contributed by atoms with Crippen LogP contribution in [0.15, 0.2) is 52.0 Å². The Labute approximate surface area is 163 Å². The normalized spacial score (nSPS) is 10.8. The van der Waals surface area contributed by atoms with Gasteiger partial charge >= 0.3 is 5.91 Å². The fourth-order valence-electron chi connectivity index (χ4n) is 2.72. The number of hydrazone groups is 1. The van der Waals surface area contributed by atoms with Crippen LogP contribution in [0.25, 0.3) is 11.0 Å². The van der Waals surface area contributed by atoms with E-state index in [1.165, 1.54) is 6.21 Å². The minimum atomic E-state index is -0.413. The molecule has 0 saturated heterocycles. The molecule has 6 nitrogen and oxygen atoms in total. The predicted octanol–water partition coefficient (Wildman–Crippen LogP) is 3.92. The molecular formula is C22H20N2O4. The van der Waals surface area contributed by atoms with Crippen molar-refractivity contribution in [2.24, 2.45) is 5.10 Å². The van der Waals surface area contributed by atoms with Crippen molar-refractivity contribution in [2.75, 3.05) is 13.2 Å². The number of carbonyl (C=O) groups is 1. The zero-order valence-electron chi connectivity index (χ0n) is 15.7. The third-order valence-corrected chi connectivity index (χ3v) is 4.01. The molecule has 0 atom stereocenters. The fraction of sp³-hybridized carbons (Fsp3) is 0.182. The first-order valence-corrected chi connectivity index (χ1v) is 8.78. The number of amides is 1. The molecule has 28 heavy (non-hydrogen) atoms. The fourth-order valence-corrected chi connectivity index (χ4v) is 2.72. The summed E-state index contributed by atoms with van der Waals surface area (Å²) in [5.41, 5.74) is 4.66. The molecule has 3 aromatic rings. The van der Waals surface area contributed by atoms with E-state index in [1.54, 1.807) is 18.2 Å². The number of fused-ring (bicyclic) bond motifs is 1. The van der Waals surface area contributed by atoms with Gasteiger partial charge in [-0.1, -0.05) is 24.1 Å². The molecule has 0 aliphatic carbocycles. The molecule has 3 rings (SSSR count). The molecule has 0 spiro atoms. The largest absolute Gasteiger partial charge is 0.490 e. The third-order valence-electron chi connectivity index (χ3n) is 4.01. The van der Waals surface area contributed by atoms with Crippen LogP contribution in [0.3, 0.4) is 0 Å². The Balaban J connectivity index is 1.72. The highest BCUT2D eigenvalue weighted by Gasteiger charge is 2.16. The van der Waals surface area contributed by atoms with Gasteiger partial charge in [0.1, 0.15) is 12.2 Å². The summed E-state index contributed by atoms with van der Waals surface area (Å²) in [6, 6.07) is 12.8. The SMILES string of the molecule is C#CCOc1ccc(/C=N\NC(=O)c2oc3ccccc3c2C)cc1OCC. The topological polar surface area (TPSA) is 73.1 Å². The van der Waals surface area contributed by atoms with Crippen molar-refractivity contribution in [3.05, 3.63) is 59.4 Å². The van der Waals surface area contributed by atoms with E-state index in [9.17, 15) is 4.79 Å².